The van der Waals surface area contributed by atoms with Gasteiger partial charge < -0.3 is 15.1 Å². The Balaban J connectivity index is 1.72. The number of hydrogen-bond acceptors (Lipinski definition) is 5. The van der Waals surface area contributed by atoms with Crippen molar-refractivity contribution in [3.05, 3.63) is 35.5 Å². The molecular formula is C20H22F3N5O3S. The van der Waals surface area contributed by atoms with E-state index in [4.69, 9.17) is 17.3 Å². The molecule has 172 valence electrons. The molecule has 1 fully saturated rings. The van der Waals surface area contributed by atoms with E-state index in [1.54, 1.807) is 14.0 Å². The molecule has 3 N–H and O–H groups in total. The van der Waals surface area contributed by atoms with Crippen LogP contribution in [0.5, 0.6) is 5.75 Å². The Morgan fingerprint density at radius 2 is 1.84 bits per heavy atom. The van der Waals surface area contributed by atoms with Gasteiger partial charge in [0.2, 0.25) is 0 Å². The molecule has 0 saturated carbocycles. The lowest BCUT2D eigenvalue weighted by Crippen LogP contribution is -2.44. The summed E-state index contributed by atoms with van der Waals surface area (Å²) in [6, 6.07) is 4.42. The van der Waals surface area contributed by atoms with Crippen molar-refractivity contribution >= 4 is 29.0 Å². The average molecular weight is 469 g/mol. The van der Waals surface area contributed by atoms with Crippen molar-refractivity contribution in [2.75, 3.05) is 13.1 Å². The number of aromatic hydroxyl groups is 1. The third-order valence-electron chi connectivity index (χ3n) is 5.30. The number of carbonyl (C=O) groups is 1. The van der Waals surface area contributed by atoms with Gasteiger partial charge in [-0.1, -0.05) is 12.1 Å². The summed E-state index contributed by atoms with van der Waals surface area (Å²) in [6.07, 6.45) is -3.48. The van der Waals surface area contributed by atoms with Crippen LogP contribution >= 0.6 is 12.2 Å². The van der Waals surface area contributed by atoms with E-state index in [9.17, 15) is 23.1 Å². The van der Waals surface area contributed by atoms with E-state index >= 15 is 0 Å². The molecule has 1 aliphatic rings. The molecule has 0 bridgehead atoms. The Morgan fingerprint density at radius 3 is 2.38 bits per heavy atom. The first-order valence-corrected chi connectivity index (χ1v) is 10.2. The van der Waals surface area contributed by atoms with Gasteiger partial charge in [0, 0.05) is 25.7 Å². The summed E-state index contributed by atoms with van der Waals surface area (Å²) in [6.45, 7) is 2.58. The number of hydrogen-bond donors (Lipinski definition) is 3. The molecule has 0 spiro atoms. The van der Waals surface area contributed by atoms with Gasteiger partial charge in [-0.05, 0) is 44.1 Å². The Morgan fingerprint density at radius 1 is 1.25 bits per heavy atom. The highest BCUT2D eigenvalue weighted by molar-refractivity contribution is 7.80. The van der Waals surface area contributed by atoms with E-state index in [1.807, 2.05) is 4.90 Å². The van der Waals surface area contributed by atoms with E-state index < -0.39 is 17.7 Å². The standard InChI is InChI=1S/C20H22F3N5O3S/c1-11(24-25-19(32)28-9-7-13(8-10-28)18(30)31)15-17(29)16(27(2)26-15)12-3-5-14(6-4-12)20(21,22)23/h3-6,13,29H,7-10H2,1-2H3,(H,25,32)(H,30,31). The quantitative estimate of drug-likeness (QED) is 0.359. The minimum atomic E-state index is -4.45. The number of likely N-dealkylation sites (tertiary alicyclic amines) is 1. The summed E-state index contributed by atoms with van der Waals surface area (Å²) in [5.41, 5.74) is 3.04. The van der Waals surface area contributed by atoms with Crippen molar-refractivity contribution in [2.45, 2.75) is 25.9 Å². The molecule has 0 radical (unpaired) electrons. The number of piperidine rings is 1. The van der Waals surface area contributed by atoms with Crippen molar-refractivity contribution in [1.82, 2.24) is 20.1 Å². The lowest BCUT2D eigenvalue weighted by Gasteiger charge is -2.31. The number of hydrazone groups is 1. The molecule has 1 aromatic carbocycles. The van der Waals surface area contributed by atoms with Gasteiger partial charge in [-0.25, -0.2) is 0 Å². The Hall–Kier alpha value is -3.15. The molecule has 2 heterocycles. The van der Waals surface area contributed by atoms with E-state index in [-0.39, 0.29) is 23.1 Å². The lowest BCUT2D eigenvalue weighted by molar-refractivity contribution is -0.143. The lowest BCUT2D eigenvalue weighted by atomic mass is 9.97. The van der Waals surface area contributed by atoms with Gasteiger partial charge in [0.05, 0.1) is 17.2 Å². The van der Waals surface area contributed by atoms with Crippen LogP contribution in [0.2, 0.25) is 0 Å². The summed E-state index contributed by atoms with van der Waals surface area (Å²) < 4.78 is 39.8. The smallest absolute Gasteiger partial charge is 0.416 e. The van der Waals surface area contributed by atoms with E-state index in [2.05, 4.69) is 15.6 Å². The Kier molecular flexibility index (Phi) is 6.72. The van der Waals surface area contributed by atoms with Crippen LogP contribution in [0.25, 0.3) is 11.3 Å². The largest absolute Gasteiger partial charge is 0.504 e. The maximum Gasteiger partial charge on any atom is 0.416 e. The number of rotatable bonds is 4. The number of carboxylic acids is 1. The Labute approximate surface area is 187 Å². The van der Waals surface area contributed by atoms with Crippen LogP contribution in [0, 0.1) is 5.92 Å². The number of aryl methyl sites for hydroxylation is 1. The second-order valence-corrected chi connectivity index (χ2v) is 7.84. The Bertz CT molecular complexity index is 1040. The fourth-order valence-electron chi connectivity index (χ4n) is 3.48. The van der Waals surface area contributed by atoms with E-state index in [0.717, 1.165) is 12.1 Å². The maximum absolute atomic E-state index is 12.8. The molecule has 8 nitrogen and oxygen atoms in total. The second kappa shape index (κ2) is 9.15. The molecule has 0 unspecified atom stereocenters. The molecule has 0 aliphatic carbocycles. The summed E-state index contributed by atoms with van der Waals surface area (Å²) >= 11 is 5.31. The molecule has 1 aliphatic heterocycles. The molecule has 0 atom stereocenters. The van der Waals surface area contributed by atoms with Crippen LogP contribution in [-0.2, 0) is 18.0 Å². The van der Waals surface area contributed by atoms with Crippen LogP contribution in [-0.4, -0.2) is 54.8 Å². The SMILES string of the molecule is CC(=NNC(=S)N1CCC(C(=O)O)CC1)c1nn(C)c(-c2ccc(C(F)(F)F)cc2)c1O. The highest BCUT2D eigenvalue weighted by atomic mass is 32.1. The number of halogens is 3. The predicted octanol–water partition coefficient (Wildman–Crippen LogP) is 3.21. The van der Waals surface area contributed by atoms with Crippen LogP contribution in [0.4, 0.5) is 13.2 Å². The van der Waals surface area contributed by atoms with Crippen molar-refractivity contribution in [1.29, 1.82) is 0 Å². The minimum Gasteiger partial charge on any atom is -0.504 e. The van der Waals surface area contributed by atoms with Gasteiger partial charge in [-0.15, -0.1) is 0 Å². The van der Waals surface area contributed by atoms with Gasteiger partial charge in [0.15, 0.2) is 16.6 Å². The molecule has 0 amide bonds. The molecule has 3 rings (SSSR count). The number of aromatic nitrogens is 2. The first kappa shape index (κ1) is 23.5. The van der Waals surface area contributed by atoms with Crippen molar-refractivity contribution in [3.63, 3.8) is 0 Å². The number of aliphatic carboxylic acids is 1. The number of carboxylic acid groups (broad SMARTS) is 1. The topological polar surface area (TPSA) is 103 Å². The van der Waals surface area contributed by atoms with Gasteiger partial charge in [-0.2, -0.15) is 23.4 Å². The van der Waals surface area contributed by atoms with Gasteiger partial charge in [-0.3, -0.25) is 14.9 Å². The van der Waals surface area contributed by atoms with Crippen molar-refractivity contribution in [3.8, 4) is 17.0 Å². The van der Waals surface area contributed by atoms with Gasteiger partial charge >= 0.3 is 12.1 Å². The number of thiocarbonyl (C=S) groups is 1. The zero-order chi connectivity index (χ0) is 23.6. The zero-order valence-electron chi connectivity index (χ0n) is 17.3. The van der Waals surface area contributed by atoms with E-state index in [1.165, 1.54) is 16.8 Å². The molecule has 2 aromatic rings. The van der Waals surface area contributed by atoms with Gasteiger partial charge in [0.1, 0.15) is 5.69 Å². The summed E-state index contributed by atoms with van der Waals surface area (Å²) in [4.78, 5) is 12.9. The van der Waals surface area contributed by atoms with Gasteiger partial charge in [0.25, 0.3) is 0 Å². The molecule has 1 aromatic heterocycles. The van der Waals surface area contributed by atoms with Crippen molar-refractivity contribution < 1.29 is 28.2 Å². The summed E-state index contributed by atoms with van der Waals surface area (Å²) in [7, 11) is 1.56. The molecule has 1 saturated heterocycles. The fraction of sp³-hybridized carbons (Fsp3) is 0.400. The highest BCUT2D eigenvalue weighted by Crippen LogP contribution is 2.35. The molecule has 12 heteroatoms. The highest BCUT2D eigenvalue weighted by Gasteiger charge is 2.30. The number of alkyl halides is 3. The first-order valence-electron chi connectivity index (χ1n) is 9.75. The summed E-state index contributed by atoms with van der Waals surface area (Å²) in [5.74, 6) is -1.41. The maximum atomic E-state index is 12.8. The monoisotopic (exact) mass is 469 g/mol. The third-order valence-corrected chi connectivity index (χ3v) is 5.65. The zero-order valence-corrected chi connectivity index (χ0v) is 18.2. The number of nitrogens with zero attached hydrogens (tertiary/aromatic N) is 4. The van der Waals surface area contributed by atoms with Crippen LogP contribution in [0.15, 0.2) is 29.4 Å². The number of nitrogens with one attached hydrogen (secondary N) is 1. The van der Waals surface area contributed by atoms with E-state index in [0.29, 0.717) is 42.3 Å². The van der Waals surface area contributed by atoms with Crippen LogP contribution in [0.1, 0.15) is 31.0 Å². The predicted molar refractivity (Wildman–Crippen MR) is 115 cm³/mol. The average Bonchev–Trinajstić information content (AvgIpc) is 3.05. The first-order chi connectivity index (χ1) is 15.0. The summed E-state index contributed by atoms with van der Waals surface area (Å²) in [5, 5.41) is 28.4. The van der Waals surface area contributed by atoms with Crippen LogP contribution < -0.4 is 5.43 Å². The normalized spacial score (nSPS) is 15.7. The van der Waals surface area contributed by atoms with Crippen LogP contribution in [0.3, 0.4) is 0 Å². The fourth-order valence-corrected chi connectivity index (χ4v) is 3.71. The molecule has 32 heavy (non-hydrogen) atoms. The second-order valence-electron chi connectivity index (χ2n) is 7.46. The molecular weight excluding hydrogens is 447 g/mol. The minimum absolute atomic E-state index is 0.155. The number of benzene rings is 1. The van der Waals surface area contributed by atoms with Crippen molar-refractivity contribution in [2.24, 2.45) is 18.1 Å². The third kappa shape index (κ3) is 5.01.